The van der Waals surface area contributed by atoms with Crippen molar-refractivity contribution < 1.29 is 19.6 Å². The summed E-state index contributed by atoms with van der Waals surface area (Å²) in [5.74, 6) is -0.235. The van der Waals surface area contributed by atoms with Crippen LogP contribution in [0.15, 0.2) is 11.6 Å². The summed E-state index contributed by atoms with van der Waals surface area (Å²) in [6, 6.07) is 0. The van der Waals surface area contributed by atoms with Gasteiger partial charge in [0, 0.05) is 50.6 Å². The Balaban J connectivity index is 1.55. The number of thiazole rings is 1. The number of unbranched alkanes of at least 4 members (excludes halogenated alkanes) is 3. The second-order valence-electron chi connectivity index (χ2n) is 6.40. The number of hydroxylamine groups is 1. The van der Waals surface area contributed by atoms with Crippen molar-refractivity contribution in [2.75, 3.05) is 38.0 Å². The Labute approximate surface area is 162 Å². The molecule has 0 saturated carbocycles. The topological polar surface area (TPSA) is 115 Å². The molecule has 9 nitrogen and oxygen atoms in total. The van der Waals surface area contributed by atoms with Gasteiger partial charge in [0.15, 0.2) is 5.13 Å². The van der Waals surface area contributed by atoms with Crippen LogP contribution in [-0.4, -0.2) is 70.4 Å². The van der Waals surface area contributed by atoms with Crippen LogP contribution in [0.5, 0.6) is 0 Å². The second kappa shape index (κ2) is 11.5. The van der Waals surface area contributed by atoms with E-state index in [1.807, 2.05) is 10.3 Å². The molecule has 0 atom stereocenters. The lowest BCUT2D eigenvalue weighted by molar-refractivity contribution is -0.138. The van der Waals surface area contributed by atoms with E-state index in [2.05, 4.69) is 10.3 Å². The Hall–Kier alpha value is -2.20. The standard InChI is InChI=1S/C17H27N5O4S/c23-14(20-26)5-3-1-2-4-6-15(24)21-8-10-22(11-9-21)16(25)13-19-17-18-7-12-27-17/h7,12,26H,1-6,8-11,13H2,(H,18,19)(H,20,23). The zero-order chi connectivity index (χ0) is 19.5. The summed E-state index contributed by atoms with van der Waals surface area (Å²) in [6.45, 7) is 2.47. The SMILES string of the molecule is O=C(CCCCCCC(=O)N1CCN(C(=O)CNc2nccs2)CC1)NO. The molecule has 0 aromatic carbocycles. The van der Waals surface area contributed by atoms with Crippen LogP contribution in [0, 0.1) is 0 Å². The first-order valence-corrected chi connectivity index (χ1v) is 10.1. The predicted molar refractivity (Wildman–Crippen MR) is 101 cm³/mol. The van der Waals surface area contributed by atoms with Crippen molar-refractivity contribution >= 4 is 34.2 Å². The molecule has 1 aliphatic rings. The average molecular weight is 398 g/mol. The van der Waals surface area contributed by atoms with Gasteiger partial charge in [0.2, 0.25) is 17.7 Å². The molecule has 1 aromatic rings. The first-order chi connectivity index (χ1) is 13.1. The van der Waals surface area contributed by atoms with Crippen LogP contribution < -0.4 is 10.8 Å². The number of nitrogens with one attached hydrogen (secondary N) is 2. The minimum atomic E-state index is -0.375. The van der Waals surface area contributed by atoms with Crippen LogP contribution in [0.4, 0.5) is 5.13 Å². The maximum Gasteiger partial charge on any atom is 0.243 e. The van der Waals surface area contributed by atoms with Gasteiger partial charge in [0.25, 0.3) is 0 Å². The number of piperazine rings is 1. The zero-order valence-corrected chi connectivity index (χ0v) is 16.2. The van der Waals surface area contributed by atoms with Crippen LogP contribution in [0.25, 0.3) is 0 Å². The molecule has 2 rings (SSSR count). The lowest BCUT2D eigenvalue weighted by atomic mass is 10.1. The van der Waals surface area contributed by atoms with Gasteiger partial charge in [0.1, 0.15) is 0 Å². The largest absolute Gasteiger partial charge is 0.352 e. The molecule has 27 heavy (non-hydrogen) atoms. The summed E-state index contributed by atoms with van der Waals surface area (Å²) in [4.78, 5) is 43.0. The second-order valence-corrected chi connectivity index (χ2v) is 7.30. The van der Waals surface area contributed by atoms with E-state index in [9.17, 15) is 14.4 Å². The zero-order valence-electron chi connectivity index (χ0n) is 15.4. The van der Waals surface area contributed by atoms with Crippen molar-refractivity contribution in [1.29, 1.82) is 0 Å². The highest BCUT2D eigenvalue weighted by atomic mass is 32.1. The molecule has 0 aliphatic carbocycles. The highest BCUT2D eigenvalue weighted by Gasteiger charge is 2.23. The van der Waals surface area contributed by atoms with Crippen molar-refractivity contribution in [3.05, 3.63) is 11.6 Å². The quantitative estimate of drug-likeness (QED) is 0.309. The number of hydrogen-bond acceptors (Lipinski definition) is 7. The molecular weight excluding hydrogens is 370 g/mol. The smallest absolute Gasteiger partial charge is 0.243 e. The fraction of sp³-hybridized carbons (Fsp3) is 0.647. The third kappa shape index (κ3) is 7.51. The number of aromatic nitrogens is 1. The Bertz CT molecular complexity index is 602. The monoisotopic (exact) mass is 397 g/mol. The first-order valence-electron chi connectivity index (χ1n) is 9.22. The summed E-state index contributed by atoms with van der Waals surface area (Å²) in [6.07, 6.45) is 5.71. The van der Waals surface area contributed by atoms with E-state index in [4.69, 9.17) is 5.21 Å². The van der Waals surface area contributed by atoms with Gasteiger partial charge in [0.05, 0.1) is 6.54 Å². The highest BCUT2D eigenvalue weighted by molar-refractivity contribution is 7.13. The van der Waals surface area contributed by atoms with Crippen molar-refractivity contribution in [3.8, 4) is 0 Å². The van der Waals surface area contributed by atoms with E-state index in [1.54, 1.807) is 16.6 Å². The molecule has 1 aliphatic heterocycles. The summed E-state index contributed by atoms with van der Waals surface area (Å²) in [5.41, 5.74) is 1.61. The number of rotatable bonds is 10. The van der Waals surface area contributed by atoms with Gasteiger partial charge in [-0.2, -0.15) is 0 Å². The molecule has 1 aromatic heterocycles. The minimum absolute atomic E-state index is 0.0178. The summed E-state index contributed by atoms with van der Waals surface area (Å²) in [5, 5.41) is 14.0. The number of nitrogens with zero attached hydrogens (tertiary/aromatic N) is 3. The van der Waals surface area contributed by atoms with Gasteiger partial charge in [-0.3, -0.25) is 19.6 Å². The van der Waals surface area contributed by atoms with E-state index in [1.165, 1.54) is 11.3 Å². The van der Waals surface area contributed by atoms with Crippen LogP contribution in [0.3, 0.4) is 0 Å². The number of anilines is 1. The molecule has 0 spiro atoms. The maximum atomic E-state index is 12.2. The van der Waals surface area contributed by atoms with Gasteiger partial charge in [-0.25, -0.2) is 10.5 Å². The molecule has 150 valence electrons. The van der Waals surface area contributed by atoms with Crippen LogP contribution in [0.1, 0.15) is 38.5 Å². The van der Waals surface area contributed by atoms with Gasteiger partial charge >= 0.3 is 0 Å². The van der Waals surface area contributed by atoms with E-state index >= 15 is 0 Å². The summed E-state index contributed by atoms with van der Waals surface area (Å²) >= 11 is 1.45. The van der Waals surface area contributed by atoms with E-state index in [0.717, 1.165) is 24.4 Å². The lowest BCUT2D eigenvalue weighted by Gasteiger charge is -2.35. The van der Waals surface area contributed by atoms with E-state index in [-0.39, 0.29) is 24.3 Å². The Kier molecular flexibility index (Phi) is 8.99. The van der Waals surface area contributed by atoms with E-state index in [0.29, 0.717) is 45.4 Å². The fourth-order valence-electron chi connectivity index (χ4n) is 2.91. The van der Waals surface area contributed by atoms with Crippen LogP contribution in [0.2, 0.25) is 0 Å². The molecule has 0 radical (unpaired) electrons. The molecule has 1 saturated heterocycles. The fourth-order valence-corrected chi connectivity index (χ4v) is 3.44. The molecule has 10 heteroatoms. The Morgan fingerprint density at radius 1 is 1.00 bits per heavy atom. The molecule has 3 amide bonds. The Morgan fingerprint density at radius 2 is 1.63 bits per heavy atom. The van der Waals surface area contributed by atoms with Crippen LogP contribution >= 0.6 is 11.3 Å². The molecule has 1 fully saturated rings. The van der Waals surface area contributed by atoms with Gasteiger partial charge in [-0.05, 0) is 12.8 Å². The normalized spacial score (nSPS) is 14.1. The Morgan fingerprint density at radius 3 is 2.22 bits per heavy atom. The molecule has 3 N–H and O–H groups in total. The number of amides is 3. The highest BCUT2D eigenvalue weighted by Crippen LogP contribution is 2.11. The lowest BCUT2D eigenvalue weighted by Crippen LogP contribution is -2.51. The minimum Gasteiger partial charge on any atom is -0.352 e. The summed E-state index contributed by atoms with van der Waals surface area (Å²) in [7, 11) is 0. The van der Waals surface area contributed by atoms with Crippen molar-refractivity contribution in [2.24, 2.45) is 0 Å². The predicted octanol–water partition coefficient (Wildman–Crippen LogP) is 1.07. The third-order valence-electron chi connectivity index (χ3n) is 4.48. The third-order valence-corrected chi connectivity index (χ3v) is 5.21. The van der Waals surface area contributed by atoms with Gasteiger partial charge in [-0.1, -0.05) is 12.8 Å². The van der Waals surface area contributed by atoms with Crippen molar-refractivity contribution in [1.82, 2.24) is 20.3 Å². The van der Waals surface area contributed by atoms with Crippen molar-refractivity contribution in [2.45, 2.75) is 38.5 Å². The number of carbonyl (C=O) groups is 3. The molecule has 0 bridgehead atoms. The number of carbonyl (C=O) groups excluding carboxylic acids is 3. The van der Waals surface area contributed by atoms with Gasteiger partial charge < -0.3 is 15.1 Å². The van der Waals surface area contributed by atoms with Gasteiger partial charge in [-0.15, -0.1) is 11.3 Å². The molecule has 2 heterocycles. The van der Waals surface area contributed by atoms with E-state index < -0.39 is 0 Å². The molecule has 0 unspecified atom stereocenters. The number of hydrogen-bond donors (Lipinski definition) is 3. The van der Waals surface area contributed by atoms with Crippen molar-refractivity contribution in [3.63, 3.8) is 0 Å². The first kappa shape index (κ1) is 21.1. The maximum absolute atomic E-state index is 12.2. The average Bonchev–Trinajstić information content (AvgIpc) is 3.22. The van der Waals surface area contributed by atoms with Crippen LogP contribution in [-0.2, 0) is 14.4 Å². The molecular formula is C17H27N5O4S. The summed E-state index contributed by atoms with van der Waals surface area (Å²) < 4.78 is 0.